The van der Waals surface area contributed by atoms with Crippen molar-refractivity contribution in [3.63, 3.8) is 0 Å². The van der Waals surface area contributed by atoms with Gasteiger partial charge < -0.3 is 15.3 Å². The van der Waals surface area contributed by atoms with Gasteiger partial charge in [-0.2, -0.15) is 0 Å². The number of aromatic nitrogens is 1. The van der Waals surface area contributed by atoms with Crippen LogP contribution in [0.15, 0.2) is 12.1 Å². The quantitative estimate of drug-likeness (QED) is 0.802. The Morgan fingerprint density at radius 2 is 2.15 bits per heavy atom. The third-order valence-electron chi connectivity index (χ3n) is 3.19. The van der Waals surface area contributed by atoms with Crippen molar-refractivity contribution in [3.05, 3.63) is 23.4 Å². The molecule has 0 saturated heterocycles. The normalized spacial score (nSPS) is 10.7. The van der Waals surface area contributed by atoms with Crippen LogP contribution in [0.3, 0.4) is 0 Å². The molecular formula is C15H25N3O2. The summed E-state index contributed by atoms with van der Waals surface area (Å²) in [5.74, 6) is 0.960. The Balaban J connectivity index is 3.03. The van der Waals surface area contributed by atoms with Gasteiger partial charge in [0.15, 0.2) is 0 Å². The van der Waals surface area contributed by atoms with E-state index in [1.807, 2.05) is 13.0 Å². The summed E-state index contributed by atoms with van der Waals surface area (Å²) in [6.45, 7) is 7.35. The SMILES string of the molecule is CCN(CCCO)C(=O)c1cc(NC)nc(C(C)C)c1. The highest BCUT2D eigenvalue weighted by Gasteiger charge is 2.16. The zero-order valence-corrected chi connectivity index (χ0v) is 12.8. The third kappa shape index (κ3) is 4.20. The topological polar surface area (TPSA) is 65.5 Å². The summed E-state index contributed by atoms with van der Waals surface area (Å²) in [6, 6.07) is 3.63. The molecule has 0 bridgehead atoms. The van der Waals surface area contributed by atoms with E-state index in [0.717, 1.165) is 5.69 Å². The van der Waals surface area contributed by atoms with Crippen LogP contribution < -0.4 is 5.32 Å². The summed E-state index contributed by atoms with van der Waals surface area (Å²) in [6.07, 6.45) is 0.598. The van der Waals surface area contributed by atoms with Crippen molar-refractivity contribution >= 4 is 11.7 Å². The van der Waals surface area contributed by atoms with Crippen LogP contribution in [0.2, 0.25) is 0 Å². The first kappa shape index (κ1) is 16.4. The van der Waals surface area contributed by atoms with Crippen LogP contribution in [0.1, 0.15) is 49.2 Å². The van der Waals surface area contributed by atoms with Crippen LogP contribution in [-0.2, 0) is 0 Å². The van der Waals surface area contributed by atoms with Crippen molar-refractivity contribution in [2.24, 2.45) is 0 Å². The smallest absolute Gasteiger partial charge is 0.254 e. The van der Waals surface area contributed by atoms with Gasteiger partial charge in [-0.05, 0) is 31.4 Å². The van der Waals surface area contributed by atoms with E-state index in [1.165, 1.54) is 0 Å². The first-order valence-corrected chi connectivity index (χ1v) is 7.13. The minimum absolute atomic E-state index is 0.0123. The Bertz CT molecular complexity index is 447. The number of carbonyl (C=O) groups is 1. The lowest BCUT2D eigenvalue weighted by molar-refractivity contribution is 0.0754. The van der Waals surface area contributed by atoms with E-state index >= 15 is 0 Å². The summed E-state index contributed by atoms with van der Waals surface area (Å²) >= 11 is 0. The van der Waals surface area contributed by atoms with Crippen molar-refractivity contribution < 1.29 is 9.90 Å². The van der Waals surface area contributed by atoms with Crippen molar-refractivity contribution in [1.29, 1.82) is 0 Å². The van der Waals surface area contributed by atoms with Gasteiger partial charge in [0.25, 0.3) is 5.91 Å². The van der Waals surface area contributed by atoms with Crippen LogP contribution in [0.5, 0.6) is 0 Å². The highest BCUT2D eigenvalue weighted by Crippen LogP contribution is 2.18. The molecule has 0 radical (unpaired) electrons. The van der Waals surface area contributed by atoms with Crippen LogP contribution in [0, 0.1) is 0 Å². The molecule has 1 heterocycles. The minimum atomic E-state index is -0.0123. The predicted octanol–water partition coefficient (Wildman–Crippen LogP) is 2.09. The lowest BCUT2D eigenvalue weighted by atomic mass is 10.1. The van der Waals surface area contributed by atoms with Crippen LogP contribution >= 0.6 is 0 Å². The maximum atomic E-state index is 12.5. The summed E-state index contributed by atoms with van der Waals surface area (Å²) in [5, 5.41) is 11.9. The van der Waals surface area contributed by atoms with Gasteiger partial charge in [0.05, 0.1) is 0 Å². The molecule has 0 saturated carbocycles. The molecular weight excluding hydrogens is 254 g/mol. The number of aliphatic hydroxyl groups is 1. The average Bonchev–Trinajstić information content (AvgIpc) is 2.47. The van der Waals surface area contributed by atoms with Gasteiger partial charge in [-0.15, -0.1) is 0 Å². The van der Waals surface area contributed by atoms with E-state index in [9.17, 15) is 4.79 Å². The number of hydrogen-bond donors (Lipinski definition) is 2. The number of pyridine rings is 1. The molecule has 0 atom stereocenters. The molecule has 5 nitrogen and oxygen atoms in total. The van der Waals surface area contributed by atoms with Crippen molar-refractivity contribution in [3.8, 4) is 0 Å². The molecule has 0 unspecified atom stereocenters. The summed E-state index contributed by atoms with van der Waals surface area (Å²) in [4.78, 5) is 18.7. The number of aliphatic hydroxyl groups excluding tert-OH is 1. The Labute approximate surface area is 121 Å². The second-order valence-electron chi connectivity index (χ2n) is 5.03. The molecule has 5 heteroatoms. The van der Waals surface area contributed by atoms with Crippen molar-refractivity contribution in [1.82, 2.24) is 9.88 Å². The highest BCUT2D eigenvalue weighted by molar-refractivity contribution is 5.95. The zero-order valence-electron chi connectivity index (χ0n) is 12.8. The molecule has 112 valence electrons. The molecule has 0 fully saturated rings. The van der Waals surface area contributed by atoms with Gasteiger partial charge >= 0.3 is 0 Å². The molecule has 2 N–H and O–H groups in total. The number of hydrogen-bond acceptors (Lipinski definition) is 4. The molecule has 0 aliphatic rings. The van der Waals surface area contributed by atoms with Gasteiger partial charge in [0.1, 0.15) is 5.82 Å². The number of amides is 1. The molecule has 1 rings (SSSR count). The van der Waals surface area contributed by atoms with Gasteiger partial charge in [0.2, 0.25) is 0 Å². The monoisotopic (exact) mass is 279 g/mol. The number of carbonyl (C=O) groups excluding carboxylic acids is 1. The summed E-state index contributed by atoms with van der Waals surface area (Å²) in [5.41, 5.74) is 1.55. The first-order valence-electron chi connectivity index (χ1n) is 7.13. The number of anilines is 1. The molecule has 1 aromatic rings. The fourth-order valence-corrected chi connectivity index (χ4v) is 1.95. The largest absolute Gasteiger partial charge is 0.396 e. The van der Waals surface area contributed by atoms with E-state index in [0.29, 0.717) is 30.9 Å². The van der Waals surface area contributed by atoms with E-state index < -0.39 is 0 Å². The molecule has 0 aliphatic heterocycles. The van der Waals surface area contributed by atoms with Crippen LogP contribution in [0.4, 0.5) is 5.82 Å². The maximum Gasteiger partial charge on any atom is 0.254 e. The Kier molecular flexibility index (Phi) is 6.45. The first-order chi connectivity index (χ1) is 9.53. The van der Waals surface area contributed by atoms with Crippen molar-refractivity contribution in [2.75, 3.05) is 32.1 Å². The fraction of sp³-hybridized carbons (Fsp3) is 0.600. The van der Waals surface area contributed by atoms with E-state index in [-0.39, 0.29) is 18.4 Å². The van der Waals surface area contributed by atoms with Gasteiger partial charge in [-0.1, -0.05) is 13.8 Å². The number of nitrogens with zero attached hydrogens (tertiary/aromatic N) is 2. The molecule has 0 aromatic carbocycles. The van der Waals surface area contributed by atoms with Crippen molar-refractivity contribution in [2.45, 2.75) is 33.1 Å². The Morgan fingerprint density at radius 3 is 2.65 bits per heavy atom. The molecule has 1 aromatic heterocycles. The second-order valence-corrected chi connectivity index (χ2v) is 5.03. The van der Waals surface area contributed by atoms with Gasteiger partial charge in [0, 0.05) is 38.0 Å². The summed E-state index contributed by atoms with van der Waals surface area (Å²) in [7, 11) is 1.80. The molecule has 0 spiro atoms. The van der Waals surface area contributed by atoms with Gasteiger partial charge in [-0.25, -0.2) is 4.98 Å². The zero-order chi connectivity index (χ0) is 15.1. The lowest BCUT2D eigenvalue weighted by Crippen LogP contribution is -2.32. The number of nitrogens with one attached hydrogen (secondary N) is 1. The van der Waals surface area contributed by atoms with Crippen LogP contribution in [0.25, 0.3) is 0 Å². The average molecular weight is 279 g/mol. The predicted molar refractivity (Wildman–Crippen MR) is 81.2 cm³/mol. The molecule has 1 amide bonds. The molecule has 0 aliphatic carbocycles. The maximum absolute atomic E-state index is 12.5. The number of rotatable bonds is 7. The third-order valence-corrected chi connectivity index (χ3v) is 3.19. The Morgan fingerprint density at radius 1 is 1.45 bits per heavy atom. The minimum Gasteiger partial charge on any atom is -0.396 e. The van der Waals surface area contributed by atoms with E-state index in [2.05, 4.69) is 24.1 Å². The fourth-order valence-electron chi connectivity index (χ4n) is 1.95. The Hall–Kier alpha value is -1.62. The van der Waals surface area contributed by atoms with Crippen LogP contribution in [-0.4, -0.2) is 47.6 Å². The standard InChI is InChI=1S/C15H25N3O2/c1-5-18(7-6-8-19)15(20)12-9-13(11(2)3)17-14(10-12)16-4/h9-11,19H,5-8H2,1-4H3,(H,16,17). The second kappa shape index (κ2) is 7.85. The lowest BCUT2D eigenvalue weighted by Gasteiger charge is -2.21. The van der Waals surface area contributed by atoms with E-state index in [1.54, 1.807) is 18.0 Å². The van der Waals surface area contributed by atoms with E-state index in [4.69, 9.17) is 5.11 Å². The molecule has 20 heavy (non-hydrogen) atoms. The summed E-state index contributed by atoms with van der Waals surface area (Å²) < 4.78 is 0. The highest BCUT2D eigenvalue weighted by atomic mass is 16.3. The van der Waals surface area contributed by atoms with Gasteiger partial charge in [-0.3, -0.25) is 4.79 Å².